The first-order valence-corrected chi connectivity index (χ1v) is 47.7. The Labute approximate surface area is 807 Å². The van der Waals surface area contributed by atoms with Gasteiger partial charge in [-0.1, -0.05) is 167 Å². The number of pyridine rings is 5. The summed E-state index contributed by atoms with van der Waals surface area (Å²) in [4.78, 5) is 0. The van der Waals surface area contributed by atoms with Gasteiger partial charge in [0.1, 0.15) is 126 Å². The lowest BCUT2D eigenvalue weighted by atomic mass is 9.93. The summed E-state index contributed by atoms with van der Waals surface area (Å²) >= 11 is 0. The van der Waals surface area contributed by atoms with Gasteiger partial charge in [0.15, 0.2) is 36.6 Å². The van der Waals surface area contributed by atoms with Crippen LogP contribution in [-0.4, -0.2) is 0 Å². The van der Waals surface area contributed by atoms with Gasteiger partial charge in [0, 0.05) is 110 Å². The maximum atomic E-state index is 14.9. The molecule has 1 aliphatic carbocycles. The molecule has 0 bridgehead atoms. The van der Waals surface area contributed by atoms with Gasteiger partial charge in [0.2, 0.25) is 28.5 Å². The van der Waals surface area contributed by atoms with Gasteiger partial charge in [0.05, 0.1) is 65.5 Å². The van der Waals surface area contributed by atoms with E-state index in [0.29, 0.717) is 61.0 Å². The molecule has 1 saturated carbocycles. The average Bonchev–Trinajstić information content (AvgIpc) is 1.65. The maximum absolute atomic E-state index is 14.9. The van der Waals surface area contributed by atoms with Crippen LogP contribution >= 0.6 is 0 Å². The summed E-state index contributed by atoms with van der Waals surface area (Å²) in [5.41, 5.74) is 23.9. The second kappa shape index (κ2) is 36.0. The third kappa shape index (κ3) is 16.0. The van der Waals surface area contributed by atoms with Crippen LogP contribution in [-0.2, 0) is 41.7 Å². The fraction of sp³-hybridized carbons (Fsp3) is 0.153. The zero-order chi connectivity index (χ0) is 97.4. The van der Waals surface area contributed by atoms with E-state index in [9.17, 15) is 30.7 Å². The predicted octanol–water partition coefficient (Wildman–Crippen LogP) is 31.5. The Bertz CT molecular complexity index is 9460. The third-order valence-corrected chi connectivity index (χ3v) is 28.5. The molecule has 0 atom stereocenters. The summed E-state index contributed by atoms with van der Waals surface area (Å²) in [7, 11) is 10.1. The lowest BCUT2D eigenvalue weighted by molar-refractivity contribution is -0.659. The number of aryl methyl sites for hydroxylation is 10. The Morgan fingerprint density at radius 3 is 0.993 bits per heavy atom. The highest BCUT2D eigenvalue weighted by atomic mass is 19.2. The molecule has 0 amide bonds. The normalized spacial score (nSPS) is 12.5. The van der Waals surface area contributed by atoms with E-state index in [-0.39, 0.29) is 28.9 Å². The molecule has 0 unspecified atom stereocenters. The molecule has 0 spiro atoms. The van der Waals surface area contributed by atoms with Crippen molar-refractivity contribution in [1.82, 2.24) is 0 Å². The first-order chi connectivity index (χ1) is 68.2. The van der Waals surface area contributed by atoms with Crippen LogP contribution in [0.25, 0.3) is 220 Å². The molecule has 17 heteroatoms. The highest BCUT2D eigenvalue weighted by Gasteiger charge is 2.32. The molecule has 0 N–H and O–H groups in total. The van der Waals surface area contributed by atoms with Crippen LogP contribution in [0.3, 0.4) is 0 Å². The Morgan fingerprint density at radius 2 is 0.574 bits per heavy atom. The van der Waals surface area contributed by atoms with Crippen LogP contribution in [0.1, 0.15) is 84.4 Å². The van der Waals surface area contributed by atoms with Gasteiger partial charge < -0.3 is 22.1 Å². The number of benzene rings is 15. The van der Waals surface area contributed by atoms with Crippen LogP contribution in [0.15, 0.2) is 332 Å². The SMILES string of the molecule is Cc1cc(F)c2c(oc3cc(F)ccc32)c1-c1c2ccccc2cc[n+]1C.Cc1ccc2c(oc3cc(F)cc(F)c32)c1-c1c2ccccc2cc[n+]1C.Cc1ccc2c(oc3cc(F)ccc32)c1-c1c2ccc(C(C)C)cc2cc[n+]1C.Cc1ccc2c(oc3cc(F)ccc32)c1-c1c2ccc(CC3CCCC3)cc2cc[n+]1C.Cc1ccc2c(oc3cc(F)ccc32)c1-c1c2ccccc2cc[n+]1C. The smallest absolute Gasteiger partial charge is 0.224 e. The van der Waals surface area contributed by atoms with Crippen molar-refractivity contribution >= 4 is 164 Å². The fourth-order valence-electron chi connectivity index (χ4n) is 21.5. The summed E-state index contributed by atoms with van der Waals surface area (Å²) in [5.74, 6) is -1.56. The number of hydrogen-bond donors (Lipinski definition) is 0. The Hall–Kier alpha value is -16.1. The molecule has 1 aliphatic rings. The minimum atomic E-state index is -0.645. The number of furan rings is 5. The Kier molecular flexibility index (Phi) is 23.0. The van der Waals surface area contributed by atoms with Crippen molar-refractivity contribution in [1.29, 1.82) is 0 Å². The van der Waals surface area contributed by atoms with E-state index in [1.54, 1.807) is 18.2 Å². The zero-order valence-electron chi connectivity index (χ0n) is 80.1. The van der Waals surface area contributed by atoms with Crippen LogP contribution in [0.5, 0.6) is 0 Å². The van der Waals surface area contributed by atoms with E-state index in [1.807, 2.05) is 123 Å². The monoisotopic (exact) mass is 1870 g/mol. The van der Waals surface area contributed by atoms with E-state index >= 15 is 0 Å². The molecule has 10 aromatic heterocycles. The van der Waals surface area contributed by atoms with Gasteiger partial charge in [-0.05, 0) is 204 Å². The van der Waals surface area contributed by atoms with E-state index < -0.39 is 17.5 Å². The van der Waals surface area contributed by atoms with Crippen molar-refractivity contribution in [2.45, 2.75) is 86.5 Å². The van der Waals surface area contributed by atoms with E-state index in [0.717, 1.165) is 167 Å². The highest BCUT2D eigenvalue weighted by molar-refractivity contribution is 6.17. The lowest BCUT2D eigenvalue weighted by Crippen LogP contribution is -2.30. The summed E-state index contributed by atoms with van der Waals surface area (Å²) in [6, 6.07) is 87.2. The molecular weight excluding hydrogens is 1770 g/mol. The molecule has 10 heterocycles. The summed E-state index contributed by atoms with van der Waals surface area (Å²) in [5, 5.41) is 19.3. The lowest BCUT2D eigenvalue weighted by Gasteiger charge is -2.12. The van der Waals surface area contributed by atoms with Crippen LogP contribution in [0.2, 0.25) is 0 Å². The molecule has 26 rings (SSSR count). The molecule has 0 radical (unpaired) electrons. The maximum Gasteiger partial charge on any atom is 0.224 e. The van der Waals surface area contributed by atoms with Crippen LogP contribution in [0, 0.1) is 81.3 Å². The second-order valence-electron chi connectivity index (χ2n) is 38.0. The Balaban J connectivity index is 0.000000101. The topological polar surface area (TPSA) is 85.1 Å². The molecule has 694 valence electrons. The number of rotatable bonds is 8. The quantitative estimate of drug-likeness (QED) is 0.112. The van der Waals surface area contributed by atoms with E-state index in [1.165, 1.54) is 136 Å². The summed E-state index contributed by atoms with van der Waals surface area (Å²) in [6.45, 7) is 14.6. The first-order valence-electron chi connectivity index (χ1n) is 47.7. The van der Waals surface area contributed by atoms with Crippen LogP contribution in [0.4, 0.5) is 30.7 Å². The molecule has 0 saturated heterocycles. The van der Waals surface area contributed by atoms with Crippen molar-refractivity contribution in [2.24, 2.45) is 41.2 Å². The Morgan fingerprint density at radius 1 is 0.262 bits per heavy atom. The minimum Gasteiger partial charge on any atom is -0.455 e. The van der Waals surface area contributed by atoms with Crippen molar-refractivity contribution in [3.8, 4) is 56.3 Å². The fourth-order valence-corrected chi connectivity index (χ4v) is 21.5. The molecular formula is C124H99F7N5O5+5. The largest absolute Gasteiger partial charge is 0.455 e. The number of fused-ring (bicyclic) bond motifs is 20. The van der Waals surface area contributed by atoms with Gasteiger partial charge in [-0.15, -0.1) is 0 Å². The zero-order valence-corrected chi connectivity index (χ0v) is 80.1. The number of hydrogen-bond acceptors (Lipinski definition) is 5. The first kappa shape index (κ1) is 90.0. The third-order valence-electron chi connectivity index (χ3n) is 28.5. The standard InChI is InChI=1S/C29H27FNO.C26H23FNO.2C23H16F2NO.C23H17FNO/c1-18-7-10-25-24-12-9-22(30)17-26(24)32-29(25)27(18)28-23-11-8-20(15-19-5-3-4-6-19)16-21(23)13-14-31(28)2;1-15(2)17-6-9-20-18(13-17)11-12-28(4)25(20)24-16(3)5-8-22-21-10-7-19(27)14-23(21)29-26(22)24;1-13-11-18(25)21-17-8-7-15(24)12-19(17)27-23(21)20(13)22-16-6-4-3-5-14(16)9-10-26(22)2;1-13-7-8-17-21-18(25)11-15(24)12-19(21)27-23(17)20(13)22-16-6-4-3-5-14(16)9-10-26(22)2;1-14-7-9-19-18-10-8-16(24)13-20(18)26-23(19)21(14)22-17-6-4-3-5-15(17)11-12-25(22)2/h7-14,16-17,19H,3-6,15H2,1-2H3;5-15H,1-4H3;2*3-12H,1-2H3;3-13H,1-2H3/q5*+1. The molecule has 141 heavy (non-hydrogen) atoms. The highest BCUT2D eigenvalue weighted by Crippen LogP contribution is 2.48. The number of halogens is 7. The van der Waals surface area contributed by atoms with Gasteiger partial charge in [-0.3, -0.25) is 0 Å². The van der Waals surface area contributed by atoms with Gasteiger partial charge in [0.25, 0.3) is 0 Å². The van der Waals surface area contributed by atoms with Crippen LogP contribution < -0.4 is 22.8 Å². The minimum absolute atomic E-state index is 0.220. The molecule has 25 aromatic rings. The van der Waals surface area contributed by atoms with Crippen molar-refractivity contribution in [3.05, 3.63) is 390 Å². The van der Waals surface area contributed by atoms with Crippen molar-refractivity contribution in [2.75, 3.05) is 0 Å². The van der Waals surface area contributed by atoms with E-state index in [2.05, 4.69) is 208 Å². The average molecular weight is 1870 g/mol. The number of nitrogens with zero attached hydrogens (tertiary/aromatic N) is 5. The van der Waals surface area contributed by atoms with Crippen molar-refractivity contribution in [3.63, 3.8) is 0 Å². The van der Waals surface area contributed by atoms with Gasteiger partial charge >= 0.3 is 0 Å². The van der Waals surface area contributed by atoms with Crippen molar-refractivity contribution < 1.29 is 75.7 Å². The molecule has 0 aliphatic heterocycles. The summed E-state index contributed by atoms with van der Waals surface area (Å²) < 4.78 is 139. The molecule has 15 aromatic carbocycles. The predicted molar refractivity (Wildman–Crippen MR) is 552 cm³/mol. The number of aromatic nitrogens is 5. The summed E-state index contributed by atoms with van der Waals surface area (Å²) in [6.07, 6.45) is 16.9. The van der Waals surface area contributed by atoms with Gasteiger partial charge in [-0.2, -0.15) is 0 Å². The molecule has 1 fully saturated rings. The van der Waals surface area contributed by atoms with Gasteiger partial charge in [-0.25, -0.2) is 53.6 Å². The second-order valence-corrected chi connectivity index (χ2v) is 38.0. The molecule has 10 nitrogen and oxygen atoms in total. The van der Waals surface area contributed by atoms with E-state index in [4.69, 9.17) is 22.1 Å².